The van der Waals surface area contributed by atoms with E-state index in [0.29, 0.717) is 5.92 Å². The number of nitrogens with zero attached hydrogens (tertiary/aromatic N) is 1. The third-order valence-electron chi connectivity index (χ3n) is 3.97. The predicted molar refractivity (Wildman–Crippen MR) is 77.6 cm³/mol. The molecule has 106 valence electrons. The summed E-state index contributed by atoms with van der Waals surface area (Å²) >= 11 is 0. The molecule has 2 rings (SSSR count). The van der Waals surface area contributed by atoms with Gasteiger partial charge in [0.25, 0.3) is 0 Å². The largest absolute Gasteiger partial charge is 0.496 e. The van der Waals surface area contributed by atoms with Crippen molar-refractivity contribution < 1.29 is 9.84 Å². The van der Waals surface area contributed by atoms with Crippen LogP contribution in [0.5, 0.6) is 5.75 Å². The third-order valence-corrected chi connectivity index (χ3v) is 3.97. The summed E-state index contributed by atoms with van der Waals surface area (Å²) in [4.78, 5) is 2.30. The molecule has 1 aliphatic heterocycles. The highest BCUT2D eigenvalue weighted by Crippen LogP contribution is 2.36. The van der Waals surface area contributed by atoms with Crippen molar-refractivity contribution >= 4 is 5.69 Å². The molecule has 0 bridgehead atoms. The zero-order valence-electron chi connectivity index (χ0n) is 12.0. The average Bonchev–Trinajstić information content (AvgIpc) is 2.87. The Balaban J connectivity index is 2.30. The molecule has 4 nitrogen and oxygen atoms in total. The fourth-order valence-corrected chi connectivity index (χ4v) is 2.84. The van der Waals surface area contributed by atoms with E-state index in [2.05, 4.69) is 11.0 Å². The summed E-state index contributed by atoms with van der Waals surface area (Å²) in [6.45, 7) is 5.68. The van der Waals surface area contributed by atoms with Gasteiger partial charge in [-0.25, -0.2) is 0 Å². The van der Waals surface area contributed by atoms with Crippen molar-refractivity contribution in [2.45, 2.75) is 32.4 Å². The van der Waals surface area contributed by atoms with Crippen LogP contribution in [0.2, 0.25) is 0 Å². The van der Waals surface area contributed by atoms with Crippen molar-refractivity contribution in [3.8, 4) is 5.75 Å². The summed E-state index contributed by atoms with van der Waals surface area (Å²) in [6.07, 6.45) is 0.766. The molecular weight excluding hydrogens is 240 g/mol. The summed E-state index contributed by atoms with van der Waals surface area (Å²) < 4.78 is 5.43. The van der Waals surface area contributed by atoms with Gasteiger partial charge in [0.2, 0.25) is 0 Å². The molecule has 0 aromatic heterocycles. The lowest BCUT2D eigenvalue weighted by atomic mass is 10.0. The van der Waals surface area contributed by atoms with Crippen molar-refractivity contribution in [3.63, 3.8) is 0 Å². The lowest BCUT2D eigenvalue weighted by molar-refractivity contribution is 0.136. The molecule has 1 aromatic rings. The van der Waals surface area contributed by atoms with Crippen LogP contribution in [0.25, 0.3) is 0 Å². The van der Waals surface area contributed by atoms with Gasteiger partial charge in [0.05, 0.1) is 13.2 Å². The zero-order chi connectivity index (χ0) is 14.0. The van der Waals surface area contributed by atoms with E-state index in [9.17, 15) is 5.11 Å². The van der Waals surface area contributed by atoms with Crippen LogP contribution in [0.4, 0.5) is 5.69 Å². The molecule has 1 heterocycles. The fraction of sp³-hybridized carbons (Fsp3) is 0.600. The highest BCUT2D eigenvalue weighted by atomic mass is 16.5. The Morgan fingerprint density at radius 3 is 2.68 bits per heavy atom. The van der Waals surface area contributed by atoms with E-state index in [4.69, 9.17) is 10.5 Å². The molecule has 1 fully saturated rings. The molecule has 1 aromatic carbocycles. The number of aliphatic hydroxyl groups excluding tert-OH is 1. The van der Waals surface area contributed by atoms with E-state index in [0.717, 1.165) is 36.5 Å². The molecule has 3 unspecified atom stereocenters. The molecule has 0 radical (unpaired) electrons. The maximum Gasteiger partial charge on any atom is 0.125 e. The van der Waals surface area contributed by atoms with Gasteiger partial charge >= 0.3 is 0 Å². The Labute approximate surface area is 115 Å². The van der Waals surface area contributed by atoms with Crippen LogP contribution >= 0.6 is 0 Å². The second-order valence-corrected chi connectivity index (χ2v) is 5.42. The number of hydrogen-bond donors (Lipinski definition) is 2. The minimum Gasteiger partial charge on any atom is -0.496 e. The van der Waals surface area contributed by atoms with Crippen LogP contribution in [0.15, 0.2) is 18.2 Å². The summed E-state index contributed by atoms with van der Waals surface area (Å²) in [6, 6.07) is 5.96. The molecule has 3 N–H and O–H groups in total. The van der Waals surface area contributed by atoms with Crippen LogP contribution in [0.1, 0.15) is 31.9 Å². The second-order valence-electron chi connectivity index (χ2n) is 5.42. The molecule has 0 amide bonds. The van der Waals surface area contributed by atoms with Crippen molar-refractivity contribution in [3.05, 3.63) is 23.8 Å². The number of anilines is 1. The molecule has 3 atom stereocenters. The van der Waals surface area contributed by atoms with E-state index in [1.54, 1.807) is 7.11 Å². The number of aliphatic hydroxyl groups is 1. The first kappa shape index (κ1) is 14.2. The van der Waals surface area contributed by atoms with Gasteiger partial charge in [-0.3, -0.25) is 0 Å². The van der Waals surface area contributed by atoms with Crippen LogP contribution in [0.3, 0.4) is 0 Å². The second kappa shape index (κ2) is 5.80. The Morgan fingerprint density at radius 1 is 1.42 bits per heavy atom. The fourth-order valence-electron chi connectivity index (χ4n) is 2.84. The van der Waals surface area contributed by atoms with Gasteiger partial charge in [0, 0.05) is 36.3 Å². The van der Waals surface area contributed by atoms with Crippen molar-refractivity contribution in [1.29, 1.82) is 0 Å². The third kappa shape index (κ3) is 2.85. The van der Waals surface area contributed by atoms with Crippen LogP contribution < -0.4 is 15.4 Å². The number of hydrogen-bond acceptors (Lipinski definition) is 4. The number of ether oxygens (including phenoxy) is 1. The number of methoxy groups -OCH3 is 1. The van der Waals surface area contributed by atoms with Crippen LogP contribution in [0, 0.1) is 5.92 Å². The van der Waals surface area contributed by atoms with Gasteiger partial charge < -0.3 is 20.5 Å². The van der Waals surface area contributed by atoms with Gasteiger partial charge in [0.15, 0.2) is 0 Å². The van der Waals surface area contributed by atoms with E-state index in [-0.39, 0.29) is 12.1 Å². The first-order chi connectivity index (χ1) is 9.04. The average molecular weight is 264 g/mol. The first-order valence-corrected chi connectivity index (χ1v) is 6.90. The van der Waals surface area contributed by atoms with Gasteiger partial charge in [-0.2, -0.15) is 0 Å². The summed E-state index contributed by atoms with van der Waals surface area (Å²) in [7, 11) is 1.67. The van der Waals surface area contributed by atoms with Crippen molar-refractivity contribution in [1.82, 2.24) is 0 Å². The summed E-state index contributed by atoms with van der Waals surface area (Å²) in [5, 5.41) is 9.72. The topological polar surface area (TPSA) is 58.7 Å². The maximum absolute atomic E-state index is 9.72. The van der Waals surface area contributed by atoms with Crippen molar-refractivity contribution in [2.75, 3.05) is 25.1 Å². The van der Waals surface area contributed by atoms with Crippen molar-refractivity contribution in [2.24, 2.45) is 11.7 Å². The Hall–Kier alpha value is -1.26. The van der Waals surface area contributed by atoms with Gasteiger partial charge in [-0.05, 0) is 32.4 Å². The minimum absolute atomic E-state index is 0.0725. The molecule has 19 heavy (non-hydrogen) atoms. The molecule has 1 aliphatic rings. The summed E-state index contributed by atoms with van der Waals surface area (Å²) in [5.41, 5.74) is 8.29. The van der Waals surface area contributed by atoms with E-state index < -0.39 is 0 Å². The standard InChI is InChI=1S/C15H24N2O2/c1-10(16)15-13(5-4-6-14(15)19-3)17-8-7-12(9-17)11(2)18/h4-6,10-12,18H,7-9,16H2,1-3H3. The SMILES string of the molecule is COc1cccc(N2CCC(C(C)O)C2)c1C(C)N. The minimum atomic E-state index is -0.255. The highest BCUT2D eigenvalue weighted by molar-refractivity contribution is 5.61. The van der Waals surface area contributed by atoms with Crippen LogP contribution in [-0.2, 0) is 0 Å². The number of rotatable bonds is 4. The predicted octanol–water partition coefficient (Wildman–Crippen LogP) is 1.92. The first-order valence-electron chi connectivity index (χ1n) is 6.90. The normalized spacial score (nSPS) is 22.4. The highest BCUT2D eigenvalue weighted by Gasteiger charge is 2.28. The summed E-state index contributed by atoms with van der Waals surface area (Å²) in [5.74, 6) is 1.18. The number of nitrogens with two attached hydrogens (primary N) is 1. The maximum atomic E-state index is 9.72. The van der Waals surface area contributed by atoms with Gasteiger partial charge in [-0.1, -0.05) is 6.07 Å². The molecule has 0 saturated carbocycles. The Kier molecular flexibility index (Phi) is 4.32. The van der Waals surface area contributed by atoms with Gasteiger partial charge in [0.1, 0.15) is 5.75 Å². The molecule has 4 heteroatoms. The molecule has 0 aliphatic carbocycles. The van der Waals surface area contributed by atoms with Crippen LogP contribution in [-0.4, -0.2) is 31.4 Å². The Bertz CT molecular complexity index is 432. The smallest absolute Gasteiger partial charge is 0.125 e. The van der Waals surface area contributed by atoms with E-state index in [1.165, 1.54) is 0 Å². The van der Waals surface area contributed by atoms with E-state index in [1.807, 2.05) is 26.0 Å². The molecular formula is C15H24N2O2. The number of benzene rings is 1. The monoisotopic (exact) mass is 264 g/mol. The lowest BCUT2D eigenvalue weighted by Gasteiger charge is -2.25. The Morgan fingerprint density at radius 2 is 2.16 bits per heavy atom. The molecule has 1 saturated heterocycles. The quantitative estimate of drug-likeness (QED) is 0.872. The van der Waals surface area contributed by atoms with Gasteiger partial charge in [-0.15, -0.1) is 0 Å². The van der Waals surface area contributed by atoms with E-state index >= 15 is 0 Å². The zero-order valence-corrected chi connectivity index (χ0v) is 12.0. The lowest BCUT2D eigenvalue weighted by Crippen LogP contribution is -2.25. The molecule has 0 spiro atoms.